The van der Waals surface area contributed by atoms with Gasteiger partial charge in [0.1, 0.15) is 17.5 Å². The molecule has 1 aromatic carbocycles. The van der Waals surface area contributed by atoms with Crippen molar-refractivity contribution in [3.63, 3.8) is 0 Å². The zero-order valence-corrected chi connectivity index (χ0v) is 18.1. The number of hydrogen-bond acceptors (Lipinski definition) is 6. The molecule has 1 aliphatic carbocycles. The van der Waals surface area contributed by atoms with Gasteiger partial charge in [-0.1, -0.05) is 0 Å². The topological polar surface area (TPSA) is 73.4 Å². The van der Waals surface area contributed by atoms with Crippen LogP contribution in [0.5, 0.6) is 0 Å². The average Bonchev–Trinajstić information content (AvgIpc) is 2.69. The third-order valence-corrected chi connectivity index (χ3v) is 5.34. The number of carbonyl (C=O) groups is 1. The lowest BCUT2D eigenvalue weighted by atomic mass is 9.91. The molecule has 1 heterocycles. The van der Waals surface area contributed by atoms with E-state index in [4.69, 9.17) is 0 Å². The molecule has 29 heavy (non-hydrogen) atoms. The quantitative estimate of drug-likeness (QED) is 0.782. The molecule has 0 aliphatic heterocycles. The molecular weight excluding hydrogens is 364 g/mol. The Balaban J connectivity index is 1.51. The molecule has 7 nitrogen and oxygen atoms in total. The highest BCUT2D eigenvalue weighted by molar-refractivity contribution is 5.94. The minimum absolute atomic E-state index is 0.00812. The van der Waals surface area contributed by atoms with Crippen molar-refractivity contribution in [3.8, 4) is 0 Å². The molecule has 1 saturated carbocycles. The molecule has 1 amide bonds. The van der Waals surface area contributed by atoms with Gasteiger partial charge >= 0.3 is 0 Å². The third kappa shape index (κ3) is 5.59. The van der Waals surface area contributed by atoms with Gasteiger partial charge in [0.25, 0.3) is 5.91 Å². The van der Waals surface area contributed by atoms with Crippen molar-refractivity contribution in [2.75, 3.05) is 43.3 Å². The van der Waals surface area contributed by atoms with Crippen LogP contribution < -0.4 is 20.4 Å². The summed E-state index contributed by atoms with van der Waals surface area (Å²) in [6, 6.07) is 10.3. The lowest BCUT2D eigenvalue weighted by Crippen LogP contribution is -2.40. The summed E-state index contributed by atoms with van der Waals surface area (Å²) in [5, 5.41) is 6.73. The second-order valence-corrected chi connectivity index (χ2v) is 8.16. The maximum Gasteiger partial charge on any atom is 0.251 e. The van der Waals surface area contributed by atoms with Crippen LogP contribution >= 0.6 is 0 Å². The summed E-state index contributed by atoms with van der Waals surface area (Å²) >= 11 is 0. The third-order valence-electron chi connectivity index (χ3n) is 5.34. The number of benzene rings is 1. The molecule has 156 valence electrons. The fourth-order valence-corrected chi connectivity index (χ4v) is 3.63. The Hall–Kier alpha value is -2.83. The van der Waals surface area contributed by atoms with Crippen molar-refractivity contribution in [1.82, 2.24) is 15.3 Å². The lowest BCUT2D eigenvalue weighted by molar-refractivity contribution is 0.0926. The molecule has 3 rings (SSSR count). The molecule has 0 atom stereocenters. The maximum absolute atomic E-state index is 12.5. The molecule has 0 spiro atoms. The van der Waals surface area contributed by atoms with Gasteiger partial charge in [-0.25, -0.2) is 9.97 Å². The minimum Gasteiger partial charge on any atom is -0.378 e. The van der Waals surface area contributed by atoms with Crippen molar-refractivity contribution in [2.24, 2.45) is 0 Å². The van der Waals surface area contributed by atoms with Gasteiger partial charge in [0.05, 0.1) is 0 Å². The monoisotopic (exact) mass is 396 g/mol. The fraction of sp³-hybridized carbons (Fsp3) is 0.500. The molecule has 0 radical (unpaired) electrons. The van der Waals surface area contributed by atoms with Crippen molar-refractivity contribution >= 4 is 23.2 Å². The van der Waals surface area contributed by atoms with E-state index >= 15 is 0 Å². The summed E-state index contributed by atoms with van der Waals surface area (Å²) in [6.07, 6.45) is 3.93. The van der Waals surface area contributed by atoms with Crippen LogP contribution in [0, 0.1) is 6.92 Å². The predicted octanol–water partition coefficient (Wildman–Crippen LogP) is 3.07. The fourth-order valence-electron chi connectivity index (χ4n) is 3.63. The Kier molecular flexibility index (Phi) is 6.56. The van der Waals surface area contributed by atoms with Crippen molar-refractivity contribution in [2.45, 2.75) is 44.7 Å². The number of anilines is 3. The first-order valence-corrected chi connectivity index (χ1v) is 10.2. The molecule has 0 saturated heterocycles. The number of nitrogens with zero attached hydrogens (tertiary/aromatic N) is 4. The number of amides is 1. The van der Waals surface area contributed by atoms with Crippen LogP contribution in [0.25, 0.3) is 0 Å². The van der Waals surface area contributed by atoms with Crippen LogP contribution in [-0.4, -0.2) is 56.1 Å². The first kappa shape index (κ1) is 20.9. The highest BCUT2D eigenvalue weighted by Crippen LogP contribution is 2.23. The van der Waals surface area contributed by atoms with Gasteiger partial charge in [-0.05, 0) is 56.9 Å². The van der Waals surface area contributed by atoms with E-state index in [1.807, 2.05) is 75.2 Å². The summed E-state index contributed by atoms with van der Waals surface area (Å²) in [4.78, 5) is 25.5. The Morgan fingerprint density at radius 2 is 1.55 bits per heavy atom. The minimum atomic E-state index is 0.00812. The number of rotatable bonds is 6. The largest absolute Gasteiger partial charge is 0.378 e. The lowest BCUT2D eigenvalue weighted by Gasteiger charge is -2.30. The average molecular weight is 397 g/mol. The molecule has 0 unspecified atom stereocenters. The van der Waals surface area contributed by atoms with Gasteiger partial charge < -0.3 is 20.4 Å². The van der Waals surface area contributed by atoms with E-state index in [-0.39, 0.29) is 11.9 Å². The van der Waals surface area contributed by atoms with Gasteiger partial charge in [0.15, 0.2) is 0 Å². The standard InChI is InChI=1S/C22H32N6O/c1-15-23-20(14-21(24-15)28(4)5)25-17-8-10-18(11-9-17)26-22(29)16-6-12-19(13-7-16)27(2)3/h6-7,12-14,17-18H,8-11H2,1-5H3,(H,26,29)(H,23,24,25). The highest BCUT2D eigenvalue weighted by Gasteiger charge is 2.23. The van der Waals surface area contributed by atoms with E-state index in [1.165, 1.54) is 0 Å². The van der Waals surface area contributed by atoms with Crippen molar-refractivity contribution in [1.29, 1.82) is 0 Å². The Bertz CT molecular complexity index is 826. The maximum atomic E-state index is 12.5. The predicted molar refractivity (Wildman–Crippen MR) is 119 cm³/mol. The van der Waals surface area contributed by atoms with Gasteiger partial charge in [0, 0.05) is 57.6 Å². The Morgan fingerprint density at radius 3 is 2.14 bits per heavy atom. The molecule has 0 bridgehead atoms. The number of hydrogen-bond donors (Lipinski definition) is 2. The second-order valence-electron chi connectivity index (χ2n) is 8.16. The van der Waals surface area contributed by atoms with Crippen molar-refractivity contribution < 1.29 is 4.79 Å². The molecule has 2 N–H and O–H groups in total. The number of aryl methyl sites for hydroxylation is 1. The van der Waals surface area contributed by atoms with Crippen LogP contribution in [0.3, 0.4) is 0 Å². The summed E-state index contributed by atoms with van der Waals surface area (Å²) < 4.78 is 0. The summed E-state index contributed by atoms with van der Waals surface area (Å²) in [7, 11) is 7.94. The number of carbonyl (C=O) groups excluding carboxylic acids is 1. The molecule has 2 aromatic rings. The van der Waals surface area contributed by atoms with E-state index in [0.717, 1.165) is 48.8 Å². The second kappa shape index (κ2) is 9.11. The van der Waals surface area contributed by atoms with E-state index < -0.39 is 0 Å². The Morgan fingerprint density at radius 1 is 0.931 bits per heavy atom. The number of aromatic nitrogens is 2. The molecule has 1 aliphatic rings. The zero-order chi connectivity index (χ0) is 21.0. The van der Waals surface area contributed by atoms with E-state index in [9.17, 15) is 4.79 Å². The van der Waals surface area contributed by atoms with Gasteiger partial charge in [0.2, 0.25) is 0 Å². The summed E-state index contributed by atoms with van der Waals surface area (Å²) in [5.74, 6) is 2.55. The number of nitrogens with one attached hydrogen (secondary N) is 2. The van der Waals surface area contributed by atoms with Gasteiger partial charge in [-0.3, -0.25) is 4.79 Å². The molecule has 7 heteroatoms. The SMILES string of the molecule is Cc1nc(NC2CCC(NC(=O)c3ccc(N(C)C)cc3)CC2)cc(N(C)C)n1. The van der Waals surface area contributed by atoms with E-state index in [2.05, 4.69) is 20.6 Å². The van der Waals surface area contributed by atoms with E-state index in [1.54, 1.807) is 0 Å². The van der Waals surface area contributed by atoms with Crippen LogP contribution in [0.1, 0.15) is 41.9 Å². The van der Waals surface area contributed by atoms with Crippen LogP contribution in [0.4, 0.5) is 17.3 Å². The molecular formula is C22H32N6O. The normalized spacial score (nSPS) is 18.8. The molecule has 1 aromatic heterocycles. The first-order chi connectivity index (χ1) is 13.8. The van der Waals surface area contributed by atoms with Gasteiger partial charge in [-0.2, -0.15) is 0 Å². The molecule has 1 fully saturated rings. The van der Waals surface area contributed by atoms with Gasteiger partial charge in [-0.15, -0.1) is 0 Å². The smallest absolute Gasteiger partial charge is 0.251 e. The van der Waals surface area contributed by atoms with Crippen molar-refractivity contribution in [3.05, 3.63) is 41.7 Å². The Labute approximate surface area is 173 Å². The zero-order valence-electron chi connectivity index (χ0n) is 18.1. The van der Waals surface area contributed by atoms with Crippen LogP contribution in [0.15, 0.2) is 30.3 Å². The highest BCUT2D eigenvalue weighted by atomic mass is 16.1. The van der Waals surface area contributed by atoms with Crippen LogP contribution in [0.2, 0.25) is 0 Å². The first-order valence-electron chi connectivity index (χ1n) is 10.2. The van der Waals surface area contributed by atoms with E-state index in [0.29, 0.717) is 11.6 Å². The summed E-state index contributed by atoms with van der Waals surface area (Å²) in [6.45, 7) is 1.91. The summed E-state index contributed by atoms with van der Waals surface area (Å²) in [5.41, 5.74) is 1.80. The van der Waals surface area contributed by atoms with Crippen LogP contribution in [-0.2, 0) is 0 Å².